The largest absolute Gasteiger partial charge is 0.292 e. The van der Waals surface area contributed by atoms with E-state index in [9.17, 15) is 4.79 Å². The Bertz CT molecular complexity index is 674. The van der Waals surface area contributed by atoms with Crippen LogP contribution in [0, 0.1) is 20.8 Å². The zero-order valence-corrected chi connectivity index (χ0v) is 12.7. The van der Waals surface area contributed by atoms with Crippen molar-refractivity contribution < 1.29 is 4.79 Å². The fourth-order valence-corrected chi connectivity index (χ4v) is 2.20. The van der Waals surface area contributed by atoms with E-state index in [1.807, 2.05) is 42.5 Å². The van der Waals surface area contributed by atoms with Gasteiger partial charge in [0.05, 0.1) is 11.8 Å². The molecule has 1 atom stereocenters. The normalized spacial score (nSPS) is 12.0. The third-order valence-corrected chi connectivity index (χ3v) is 3.33. The monoisotopic (exact) mass is 374 g/mol. The van der Waals surface area contributed by atoms with E-state index in [-0.39, 0.29) is 5.78 Å². The highest BCUT2D eigenvalue weighted by Gasteiger charge is 2.17. The van der Waals surface area contributed by atoms with Crippen molar-refractivity contribution in [2.24, 2.45) is 10.9 Å². The second kappa shape index (κ2) is 6.96. The lowest BCUT2D eigenvalue weighted by Gasteiger charge is -2.03. The summed E-state index contributed by atoms with van der Waals surface area (Å²) in [6.45, 7) is 0. The summed E-state index contributed by atoms with van der Waals surface area (Å²) in [7, 11) is 0. The number of para-hydroxylation sites is 1. The molecule has 0 aromatic heterocycles. The van der Waals surface area contributed by atoms with E-state index in [2.05, 4.69) is 27.6 Å². The maximum absolute atomic E-state index is 12.2. The molecule has 0 fully saturated rings. The van der Waals surface area contributed by atoms with E-state index in [4.69, 9.17) is 5.26 Å². The van der Waals surface area contributed by atoms with Crippen LogP contribution in [0.15, 0.2) is 59.6 Å². The van der Waals surface area contributed by atoms with E-state index >= 15 is 0 Å². The van der Waals surface area contributed by atoms with Crippen LogP contribution in [0.5, 0.6) is 0 Å². The number of rotatable bonds is 4. The molecule has 0 aliphatic rings. The third kappa shape index (κ3) is 3.75. The van der Waals surface area contributed by atoms with Crippen molar-refractivity contribution in [3.63, 3.8) is 0 Å². The van der Waals surface area contributed by atoms with Crippen molar-refractivity contribution in [3.05, 3.63) is 63.7 Å². The predicted molar refractivity (Wildman–Crippen MR) is 87.2 cm³/mol. The van der Waals surface area contributed by atoms with Gasteiger partial charge in [0, 0.05) is 15.3 Å². The summed E-state index contributed by atoms with van der Waals surface area (Å²) in [4.78, 5) is 16.4. The van der Waals surface area contributed by atoms with Crippen molar-refractivity contribution in [1.29, 1.82) is 5.26 Å². The van der Waals surface area contributed by atoms with Gasteiger partial charge in [0.2, 0.25) is 0 Å². The number of benzene rings is 2. The summed E-state index contributed by atoms with van der Waals surface area (Å²) in [6.07, 6.45) is 1.40. The lowest BCUT2D eigenvalue weighted by Crippen LogP contribution is -2.14. The van der Waals surface area contributed by atoms with Crippen LogP contribution in [-0.2, 0) is 0 Å². The lowest BCUT2D eigenvalue weighted by molar-refractivity contribution is 0.0976. The molecule has 2 aromatic carbocycles. The van der Waals surface area contributed by atoms with Gasteiger partial charge in [-0.3, -0.25) is 9.79 Å². The Kier molecular flexibility index (Phi) is 5.02. The molecule has 0 N–H and O–H groups in total. The summed E-state index contributed by atoms with van der Waals surface area (Å²) in [5.41, 5.74) is 1.26. The van der Waals surface area contributed by atoms with Crippen LogP contribution in [-0.4, -0.2) is 12.0 Å². The average Bonchev–Trinajstić information content (AvgIpc) is 2.48. The molecule has 1 unspecified atom stereocenters. The zero-order chi connectivity index (χ0) is 14.4. The molecule has 0 spiro atoms. The van der Waals surface area contributed by atoms with Gasteiger partial charge in [0.1, 0.15) is 5.92 Å². The second-order valence-electron chi connectivity index (χ2n) is 4.10. The van der Waals surface area contributed by atoms with Crippen molar-refractivity contribution >= 4 is 40.3 Å². The number of nitrogens with zero attached hydrogens (tertiary/aromatic N) is 2. The minimum absolute atomic E-state index is 0.231. The highest BCUT2D eigenvalue weighted by molar-refractivity contribution is 14.1. The first-order valence-electron chi connectivity index (χ1n) is 5.99. The van der Waals surface area contributed by atoms with Crippen molar-refractivity contribution in [3.8, 4) is 6.07 Å². The third-order valence-electron chi connectivity index (χ3n) is 2.66. The molecule has 2 rings (SSSR count). The van der Waals surface area contributed by atoms with E-state index in [1.165, 1.54) is 6.21 Å². The number of aliphatic imine (C=N–C) groups is 1. The van der Waals surface area contributed by atoms with Gasteiger partial charge in [-0.25, -0.2) is 0 Å². The van der Waals surface area contributed by atoms with Crippen LogP contribution in [0.1, 0.15) is 10.4 Å². The van der Waals surface area contributed by atoms with Crippen LogP contribution in [0.25, 0.3) is 0 Å². The molecule has 0 bridgehead atoms. The molecular formula is C16H11IN2O. The molecule has 2 aromatic rings. The molecular weight excluding hydrogens is 363 g/mol. The molecule has 0 saturated heterocycles. The van der Waals surface area contributed by atoms with Gasteiger partial charge in [-0.15, -0.1) is 0 Å². The first-order valence-corrected chi connectivity index (χ1v) is 7.07. The minimum Gasteiger partial charge on any atom is -0.292 e. The molecule has 0 aliphatic heterocycles. The second-order valence-corrected chi connectivity index (χ2v) is 5.34. The van der Waals surface area contributed by atoms with Gasteiger partial charge in [0.15, 0.2) is 5.78 Å². The van der Waals surface area contributed by atoms with Crippen molar-refractivity contribution in [2.75, 3.05) is 0 Å². The molecule has 20 heavy (non-hydrogen) atoms. The highest BCUT2D eigenvalue weighted by atomic mass is 127. The number of hydrogen-bond donors (Lipinski definition) is 0. The molecule has 4 heteroatoms. The number of hydrogen-bond acceptors (Lipinski definition) is 3. The molecule has 0 saturated carbocycles. The van der Waals surface area contributed by atoms with Gasteiger partial charge in [-0.1, -0.05) is 30.3 Å². The summed E-state index contributed by atoms with van der Waals surface area (Å²) >= 11 is 2.14. The van der Waals surface area contributed by atoms with Gasteiger partial charge in [-0.2, -0.15) is 5.26 Å². The minimum atomic E-state index is -0.867. The molecule has 0 radical (unpaired) electrons. The topological polar surface area (TPSA) is 53.2 Å². The summed E-state index contributed by atoms with van der Waals surface area (Å²) in [6, 6.07) is 18.4. The van der Waals surface area contributed by atoms with Crippen LogP contribution >= 0.6 is 22.6 Å². The van der Waals surface area contributed by atoms with E-state index in [0.717, 1.165) is 9.26 Å². The first-order chi connectivity index (χ1) is 9.70. The highest BCUT2D eigenvalue weighted by Crippen LogP contribution is 2.14. The summed E-state index contributed by atoms with van der Waals surface area (Å²) < 4.78 is 0.963. The standard InChI is InChI=1S/C16H11IN2O/c17-14-6-4-5-12(9-14)16(20)13(10-18)11-19-15-7-2-1-3-8-15/h1-9,11,13H. The fourth-order valence-electron chi connectivity index (χ4n) is 1.66. The molecule has 0 heterocycles. The average molecular weight is 374 g/mol. The van der Waals surface area contributed by atoms with Gasteiger partial charge < -0.3 is 0 Å². The van der Waals surface area contributed by atoms with Gasteiger partial charge >= 0.3 is 0 Å². The SMILES string of the molecule is N#CC(C=Nc1ccccc1)C(=O)c1cccc(I)c1. The zero-order valence-electron chi connectivity index (χ0n) is 10.5. The van der Waals surface area contributed by atoms with E-state index in [0.29, 0.717) is 5.56 Å². The van der Waals surface area contributed by atoms with Crippen LogP contribution in [0.2, 0.25) is 0 Å². The fraction of sp³-hybridized carbons (Fsp3) is 0.0625. The maximum atomic E-state index is 12.2. The molecule has 0 amide bonds. The van der Waals surface area contributed by atoms with Crippen LogP contribution in [0.4, 0.5) is 5.69 Å². The Morgan fingerprint density at radius 1 is 1.20 bits per heavy atom. The Morgan fingerprint density at radius 3 is 2.60 bits per heavy atom. The van der Waals surface area contributed by atoms with Gasteiger partial charge in [0.25, 0.3) is 0 Å². The number of nitriles is 1. The summed E-state index contributed by atoms with van der Waals surface area (Å²) in [5.74, 6) is -1.10. The number of Topliss-reactive ketones (excluding diaryl/α,β-unsaturated/α-hetero) is 1. The summed E-state index contributed by atoms with van der Waals surface area (Å²) in [5, 5.41) is 9.14. The molecule has 98 valence electrons. The Hall–Kier alpha value is -2.00. The van der Waals surface area contributed by atoms with E-state index < -0.39 is 5.92 Å². The van der Waals surface area contributed by atoms with Crippen molar-refractivity contribution in [1.82, 2.24) is 0 Å². The van der Waals surface area contributed by atoms with Crippen LogP contribution < -0.4 is 0 Å². The van der Waals surface area contributed by atoms with Gasteiger partial charge in [-0.05, 0) is 46.9 Å². The number of halogens is 1. The number of carbonyl (C=O) groups excluding carboxylic acids is 1. The quantitative estimate of drug-likeness (QED) is 0.461. The van der Waals surface area contributed by atoms with E-state index in [1.54, 1.807) is 18.2 Å². The number of ketones is 1. The predicted octanol–water partition coefficient (Wildman–Crippen LogP) is 4.02. The Morgan fingerprint density at radius 2 is 1.95 bits per heavy atom. The van der Waals surface area contributed by atoms with Crippen LogP contribution in [0.3, 0.4) is 0 Å². The smallest absolute Gasteiger partial charge is 0.185 e. The Labute approximate surface area is 131 Å². The molecule has 0 aliphatic carbocycles. The number of carbonyl (C=O) groups is 1. The molecule has 3 nitrogen and oxygen atoms in total. The first kappa shape index (κ1) is 14.4. The van der Waals surface area contributed by atoms with Crippen molar-refractivity contribution in [2.45, 2.75) is 0 Å². The lowest BCUT2D eigenvalue weighted by atomic mass is 10.00. The Balaban J connectivity index is 2.19. The maximum Gasteiger partial charge on any atom is 0.185 e.